The molecule has 1 N–H and O–H groups in total. The van der Waals surface area contributed by atoms with Crippen LogP contribution in [0, 0.1) is 5.92 Å². The molecular weight excluding hydrogens is 278 g/mol. The Morgan fingerprint density at radius 1 is 1.18 bits per heavy atom. The van der Waals surface area contributed by atoms with Gasteiger partial charge in [-0.05, 0) is 65.3 Å². The van der Waals surface area contributed by atoms with E-state index in [2.05, 4.69) is 22.2 Å². The first-order valence-electron chi connectivity index (χ1n) is 8.99. The number of hydrogen-bond donors (Lipinski definition) is 1. The highest BCUT2D eigenvalue weighted by molar-refractivity contribution is 5.79. The Morgan fingerprint density at radius 2 is 1.91 bits per heavy atom. The van der Waals surface area contributed by atoms with Gasteiger partial charge in [-0.3, -0.25) is 9.69 Å². The largest absolute Gasteiger partial charge is 0.381 e. The van der Waals surface area contributed by atoms with Crippen molar-refractivity contribution < 1.29 is 9.53 Å². The van der Waals surface area contributed by atoms with Gasteiger partial charge in [0.2, 0.25) is 5.91 Å². The van der Waals surface area contributed by atoms with Crippen molar-refractivity contribution in [1.82, 2.24) is 15.1 Å². The lowest BCUT2D eigenvalue weighted by Crippen LogP contribution is -2.61. The van der Waals surface area contributed by atoms with Gasteiger partial charge in [-0.2, -0.15) is 0 Å². The van der Waals surface area contributed by atoms with Crippen molar-refractivity contribution in [3.05, 3.63) is 0 Å². The summed E-state index contributed by atoms with van der Waals surface area (Å²) in [4.78, 5) is 17.4. The highest BCUT2D eigenvalue weighted by Gasteiger charge is 2.40. The molecule has 1 amide bonds. The Balaban J connectivity index is 1.61. The number of carbonyl (C=O) groups is 1. The third kappa shape index (κ3) is 3.63. The third-order valence-corrected chi connectivity index (χ3v) is 5.84. The predicted octanol–water partition coefficient (Wildman–Crippen LogP) is 1.09. The summed E-state index contributed by atoms with van der Waals surface area (Å²) in [6.07, 6.45) is 7.20. The van der Waals surface area contributed by atoms with E-state index in [1.54, 1.807) is 0 Å². The quantitative estimate of drug-likeness (QED) is 0.844. The minimum atomic E-state index is 0.0738. The fourth-order valence-electron chi connectivity index (χ4n) is 4.15. The van der Waals surface area contributed by atoms with Crippen LogP contribution in [0.15, 0.2) is 0 Å². The molecule has 3 saturated heterocycles. The van der Waals surface area contributed by atoms with Gasteiger partial charge in [0.1, 0.15) is 0 Å². The van der Waals surface area contributed by atoms with Gasteiger partial charge in [-0.1, -0.05) is 6.42 Å². The first-order chi connectivity index (χ1) is 10.7. The number of amides is 1. The topological polar surface area (TPSA) is 44.8 Å². The summed E-state index contributed by atoms with van der Waals surface area (Å²) < 4.78 is 5.35. The molecule has 0 radical (unpaired) electrons. The Hall–Kier alpha value is -0.650. The molecule has 3 heterocycles. The van der Waals surface area contributed by atoms with Crippen LogP contribution in [0.2, 0.25) is 0 Å². The van der Waals surface area contributed by atoms with E-state index in [4.69, 9.17) is 4.74 Å². The number of hydrogen-bond acceptors (Lipinski definition) is 4. The van der Waals surface area contributed by atoms with Crippen molar-refractivity contribution in [2.75, 3.05) is 53.0 Å². The molecule has 0 saturated carbocycles. The molecule has 0 aromatic carbocycles. The van der Waals surface area contributed by atoms with Crippen molar-refractivity contribution in [2.45, 2.75) is 44.1 Å². The summed E-state index contributed by atoms with van der Waals surface area (Å²) in [5, 5.41) is 3.27. The maximum Gasteiger partial charge on any atom is 0.225 e. The van der Waals surface area contributed by atoms with Gasteiger partial charge in [0.15, 0.2) is 0 Å². The molecule has 1 atom stereocenters. The van der Waals surface area contributed by atoms with Crippen LogP contribution in [-0.2, 0) is 9.53 Å². The van der Waals surface area contributed by atoms with Crippen molar-refractivity contribution in [1.29, 1.82) is 0 Å². The maximum atomic E-state index is 12.4. The number of ether oxygens (including phenoxy) is 1. The van der Waals surface area contributed by atoms with Crippen molar-refractivity contribution in [3.8, 4) is 0 Å². The van der Waals surface area contributed by atoms with Crippen molar-refractivity contribution in [2.24, 2.45) is 5.92 Å². The first-order valence-corrected chi connectivity index (χ1v) is 8.99. The molecule has 3 aliphatic rings. The zero-order valence-electron chi connectivity index (χ0n) is 14.0. The molecular formula is C17H31N3O2. The average Bonchev–Trinajstić information content (AvgIpc) is 3.10. The van der Waals surface area contributed by atoms with E-state index >= 15 is 0 Å². The van der Waals surface area contributed by atoms with Crippen LogP contribution in [0.5, 0.6) is 0 Å². The molecule has 3 aliphatic heterocycles. The fourth-order valence-corrected chi connectivity index (χ4v) is 4.15. The van der Waals surface area contributed by atoms with E-state index < -0.39 is 0 Å². The fraction of sp³-hybridized carbons (Fsp3) is 0.941. The molecule has 3 rings (SSSR count). The van der Waals surface area contributed by atoms with Crippen LogP contribution in [0.1, 0.15) is 38.5 Å². The van der Waals surface area contributed by atoms with Crippen molar-refractivity contribution in [3.63, 3.8) is 0 Å². The number of nitrogens with zero attached hydrogens (tertiary/aromatic N) is 2. The minimum absolute atomic E-state index is 0.0738. The van der Waals surface area contributed by atoms with Gasteiger partial charge in [-0.25, -0.2) is 0 Å². The summed E-state index contributed by atoms with van der Waals surface area (Å²) in [6, 6.07) is 0. The SMILES string of the molecule is CN1CCC(CNC(=O)C2CCOC2)(N2CCCCC2)CC1. The molecule has 0 aromatic rings. The minimum Gasteiger partial charge on any atom is -0.381 e. The molecule has 1 unspecified atom stereocenters. The highest BCUT2D eigenvalue weighted by Crippen LogP contribution is 2.31. The maximum absolute atomic E-state index is 12.4. The molecule has 3 fully saturated rings. The van der Waals surface area contributed by atoms with Crippen LogP contribution in [-0.4, -0.2) is 74.2 Å². The second-order valence-electron chi connectivity index (χ2n) is 7.35. The Morgan fingerprint density at radius 3 is 2.55 bits per heavy atom. The normalized spacial score (nSPS) is 30.3. The molecule has 0 aromatic heterocycles. The van der Waals surface area contributed by atoms with E-state index in [-0.39, 0.29) is 17.4 Å². The van der Waals surface area contributed by atoms with Gasteiger partial charge in [0.05, 0.1) is 12.5 Å². The smallest absolute Gasteiger partial charge is 0.225 e. The first kappa shape index (κ1) is 16.2. The lowest BCUT2D eigenvalue weighted by atomic mass is 9.84. The Labute approximate surface area is 134 Å². The lowest BCUT2D eigenvalue weighted by Gasteiger charge is -2.50. The summed E-state index contributed by atoms with van der Waals surface area (Å²) in [7, 11) is 2.20. The van der Waals surface area contributed by atoms with Crippen LogP contribution in [0.25, 0.3) is 0 Å². The number of piperidine rings is 2. The van der Waals surface area contributed by atoms with Gasteiger partial charge >= 0.3 is 0 Å². The predicted molar refractivity (Wildman–Crippen MR) is 86.8 cm³/mol. The van der Waals surface area contributed by atoms with Crippen molar-refractivity contribution >= 4 is 5.91 Å². The zero-order chi connectivity index (χ0) is 15.4. The van der Waals surface area contributed by atoms with Crippen LogP contribution < -0.4 is 5.32 Å². The Bertz CT molecular complexity index is 368. The van der Waals surface area contributed by atoms with Crippen LogP contribution in [0.4, 0.5) is 0 Å². The molecule has 22 heavy (non-hydrogen) atoms. The van der Waals surface area contributed by atoms with E-state index in [1.807, 2.05) is 0 Å². The monoisotopic (exact) mass is 309 g/mol. The standard InChI is InChI=1S/C17H31N3O2/c1-19-10-6-17(7-11-19,20-8-3-2-4-9-20)14-18-16(21)15-5-12-22-13-15/h15H,2-14H2,1H3,(H,18,21). The summed E-state index contributed by atoms with van der Waals surface area (Å²) in [6.45, 7) is 6.83. The van der Waals surface area contributed by atoms with Gasteiger partial charge in [0, 0.05) is 18.7 Å². The lowest BCUT2D eigenvalue weighted by molar-refractivity contribution is -0.126. The number of nitrogens with one attached hydrogen (secondary N) is 1. The molecule has 0 aliphatic carbocycles. The van der Waals surface area contributed by atoms with Gasteiger partial charge in [0.25, 0.3) is 0 Å². The second-order valence-corrected chi connectivity index (χ2v) is 7.35. The molecule has 5 heteroatoms. The molecule has 0 bridgehead atoms. The Kier molecular flexibility index (Phi) is 5.37. The average molecular weight is 309 g/mol. The second kappa shape index (κ2) is 7.28. The molecule has 126 valence electrons. The van der Waals surface area contributed by atoms with E-state index in [9.17, 15) is 4.79 Å². The number of carbonyl (C=O) groups excluding carboxylic acids is 1. The van der Waals surface area contributed by atoms with Crippen LogP contribution >= 0.6 is 0 Å². The van der Waals surface area contributed by atoms with E-state index in [0.717, 1.165) is 32.7 Å². The van der Waals surface area contributed by atoms with Gasteiger partial charge < -0.3 is 15.0 Å². The summed E-state index contributed by atoms with van der Waals surface area (Å²) in [5.41, 5.74) is 0.183. The van der Waals surface area contributed by atoms with E-state index in [1.165, 1.54) is 45.2 Å². The summed E-state index contributed by atoms with van der Waals surface area (Å²) in [5.74, 6) is 0.275. The van der Waals surface area contributed by atoms with E-state index in [0.29, 0.717) is 6.61 Å². The number of rotatable bonds is 4. The highest BCUT2D eigenvalue weighted by atomic mass is 16.5. The molecule has 5 nitrogen and oxygen atoms in total. The van der Waals surface area contributed by atoms with Gasteiger partial charge in [-0.15, -0.1) is 0 Å². The molecule has 0 spiro atoms. The zero-order valence-corrected chi connectivity index (χ0v) is 14.0. The van der Waals surface area contributed by atoms with Crippen LogP contribution in [0.3, 0.4) is 0 Å². The number of likely N-dealkylation sites (tertiary alicyclic amines) is 2. The third-order valence-electron chi connectivity index (χ3n) is 5.84. The summed E-state index contributed by atoms with van der Waals surface area (Å²) >= 11 is 0.